The van der Waals surface area contributed by atoms with Gasteiger partial charge in [-0.3, -0.25) is 0 Å². The van der Waals surface area contributed by atoms with Gasteiger partial charge in [-0.1, -0.05) is 176 Å². The van der Waals surface area contributed by atoms with Crippen LogP contribution in [0.1, 0.15) is 22.3 Å². The van der Waals surface area contributed by atoms with Crippen LogP contribution in [0, 0.1) is 36.5 Å². The zero-order valence-electron chi connectivity index (χ0n) is 41.9. The molecule has 0 bridgehead atoms. The minimum Gasteiger partial charge on any atom is -0.306 e. The lowest BCUT2D eigenvalue weighted by atomic mass is 9.98. The molecule has 0 unspecified atom stereocenters. The van der Waals surface area contributed by atoms with Crippen LogP contribution < -0.4 is 0 Å². The highest BCUT2D eigenvalue weighted by Gasteiger charge is 2.35. The Balaban J connectivity index is 1.24. The van der Waals surface area contributed by atoms with E-state index in [9.17, 15) is 10.5 Å². The fourth-order valence-electron chi connectivity index (χ4n) is 13.1. The molecule has 11 aromatic carbocycles. The molecular weight excluding hydrogens is 957 g/mol. The van der Waals surface area contributed by atoms with Gasteiger partial charge in [0.25, 0.3) is 0 Å². The van der Waals surface area contributed by atoms with E-state index in [2.05, 4.69) is 263 Å². The summed E-state index contributed by atoms with van der Waals surface area (Å²) in [5.41, 5.74) is 15.4. The SMILES string of the molecule is Cc1ccccc1-c1ccc2c3ccc4c5cccc(C)c5sc4c3n(-c3c(C#N)c(-n4c5ccccc5c5ccccc54)c(-n4c5ccccc5c5ccccc54)c(C#N)c3-n3c4ccccc4c4ccccc43)c2c1. The van der Waals surface area contributed by atoms with Crippen molar-refractivity contribution in [3.63, 3.8) is 0 Å². The van der Waals surface area contributed by atoms with Crippen LogP contribution in [0.2, 0.25) is 0 Å². The first-order valence-electron chi connectivity index (χ1n) is 26.0. The lowest BCUT2D eigenvalue weighted by Gasteiger charge is -2.27. The number of nitriles is 2. The third-order valence-electron chi connectivity index (χ3n) is 16.3. The third kappa shape index (κ3) is 5.81. The molecule has 0 radical (unpaired) electrons. The topological polar surface area (TPSA) is 67.3 Å². The first-order valence-corrected chi connectivity index (χ1v) is 26.8. The second-order valence-electron chi connectivity index (χ2n) is 20.3. The van der Waals surface area contributed by atoms with Gasteiger partial charge in [0.2, 0.25) is 0 Å². The number of para-hydroxylation sites is 6. The number of aromatic nitrogens is 4. The number of rotatable bonds is 5. The maximum Gasteiger partial charge on any atom is 0.104 e. The van der Waals surface area contributed by atoms with Gasteiger partial charge in [-0.2, -0.15) is 10.5 Å². The molecule has 0 amide bonds. The predicted octanol–water partition coefficient (Wildman–Crippen LogP) is 18.5. The molecular formula is C70H42N6S. The molecule has 6 nitrogen and oxygen atoms in total. The highest BCUT2D eigenvalue weighted by molar-refractivity contribution is 7.26. The van der Waals surface area contributed by atoms with Crippen molar-refractivity contribution in [3.8, 4) is 46.0 Å². The van der Waals surface area contributed by atoms with Gasteiger partial charge < -0.3 is 18.3 Å². The average Bonchev–Trinajstić information content (AvgIpc) is 4.33. The number of hydrogen-bond acceptors (Lipinski definition) is 3. The van der Waals surface area contributed by atoms with Gasteiger partial charge in [-0.25, -0.2) is 0 Å². The molecule has 0 aliphatic carbocycles. The van der Waals surface area contributed by atoms with Gasteiger partial charge in [-0.15, -0.1) is 11.3 Å². The van der Waals surface area contributed by atoms with Gasteiger partial charge in [0.1, 0.15) is 23.3 Å². The van der Waals surface area contributed by atoms with E-state index < -0.39 is 0 Å². The van der Waals surface area contributed by atoms with E-state index in [1.54, 1.807) is 11.3 Å². The molecule has 0 aliphatic heterocycles. The lowest BCUT2D eigenvalue weighted by Crippen LogP contribution is -2.16. The van der Waals surface area contributed by atoms with E-state index in [0.717, 1.165) is 114 Å². The van der Waals surface area contributed by atoms with Gasteiger partial charge in [0, 0.05) is 58.6 Å². The summed E-state index contributed by atoms with van der Waals surface area (Å²) in [5, 5.41) is 36.4. The molecule has 0 N–H and O–H groups in total. The normalized spacial score (nSPS) is 12.0. The maximum absolute atomic E-state index is 12.9. The number of thiophene rings is 1. The van der Waals surface area contributed by atoms with Crippen molar-refractivity contribution in [2.45, 2.75) is 13.8 Å². The molecule has 5 heterocycles. The summed E-state index contributed by atoms with van der Waals surface area (Å²) in [7, 11) is 0. The van der Waals surface area contributed by atoms with Crippen LogP contribution in [0.5, 0.6) is 0 Å². The van der Waals surface area contributed by atoms with E-state index in [0.29, 0.717) is 33.9 Å². The van der Waals surface area contributed by atoms with Gasteiger partial charge >= 0.3 is 0 Å². The summed E-state index contributed by atoms with van der Waals surface area (Å²) < 4.78 is 11.5. The van der Waals surface area contributed by atoms with Crippen molar-refractivity contribution in [1.29, 1.82) is 10.5 Å². The summed E-state index contributed by atoms with van der Waals surface area (Å²) in [6, 6.07) is 83.3. The zero-order valence-corrected chi connectivity index (χ0v) is 42.7. The first-order chi connectivity index (χ1) is 38.0. The van der Waals surface area contributed by atoms with Crippen LogP contribution in [-0.4, -0.2) is 18.3 Å². The molecule has 0 fully saturated rings. The van der Waals surface area contributed by atoms with Crippen LogP contribution in [0.15, 0.2) is 218 Å². The average molecular weight is 999 g/mol. The summed E-state index contributed by atoms with van der Waals surface area (Å²) in [5.74, 6) is 0. The molecule has 358 valence electrons. The maximum atomic E-state index is 12.9. The molecule has 16 aromatic rings. The van der Waals surface area contributed by atoms with E-state index in [-0.39, 0.29) is 0 Å². The number of aryl methyl sites for hydroxylation is 2. The Morgan fingerprint density at radius 2 is 0.662 bits per heavy atom. The third-order valence-corrected chi connectivity index (χ3v) is 17.7. The molecule has 7 heteroatoms. The quantitative estimate of drug-likeness (QED) is 0.172. The Hall–Kier alpha value is -10.2. The molecule has 77 heavy (non-hydrogen) atoms. The van der Waals surface area contributed by atoms with Crippen molar-refractivity contribution < 1.29 is 0 Å². The number of nitrogens with zero attached hydrogens (tertiary/aromatic N) is 6. The fraction of sp³-hybridized carbons (Fsp3) is 0.0286. The smallest absolute Gasteiger partial charge is 0.104 e. The van der Waals surface area contributed by atoms with Crippen molar-refractivity contribution in [2.24, 2.45) is 0 Å². The monoisotopic (exact) mass is 998 g/mol. The highest BCUT2D eigenvalue weighted by atomic mass is 32.1. The van der Waals surface area contributed by atoms with Crippen molar-refractivity contribution >= 4 is 119 Å². The fourth-order valence-corrected chi connectivity index (χ4v) is 14.4. The Labute approximate surface area is 445 Å². The minimum atomic E-state index is 0.429. The summed E-state index contributed by atoms with van der Waals surface area (Å²) in [6.45, 7) is 4.36. The first kappa shape index (κ1) is 43.2. The molecule has 16 rings (SSSR count). The standard InChI is InChI=1S/C70H42N6S/c1-41-18-3-4-20-44(41)43-34-35-51-52-36-37-54-53-27-17-19-42(2)69(53)77-70(54)68(52)76(63(51)38-43)67-56(40-72)65(74-59-30-13-7-23-47(59)48-24-8-14-31-60(48)74)64(73-57-28-11-5-21-45(57)46-22-6-12-29-58(46)73)55(39-71)66(67)75-61-32-15-9-25-49(61)50-26-10-16-33-62(50)75/h3-38H,1-2H3. The van der Waals surface area contributed by atoms with Crippen LogP contribution in [0.4, 0.5) is 0 Å². The Kier molecular flexibility index (Phi) is 9.07. The van der Waals surface area contributed by atoms with Crippen LogP contribution in [-0.2, 0) is 0 Å². The number of fused-ring (bicyclic) bond motifs is 16. The Bertz CT molecular complexity index is 5190. The molecule has 0 saturated carbocycles. The van der Waals surface area contributed by atoms with E-state index in [4.69, 9.17) is 0 Å². The minimum absolute atomic E-state index is 0.429. The van der Waals surface area contributed by atoms with Crippen LogP contribution in [0.3, 0.4) is 0 Å². The van der Waals surface area contributed by atoms with E-state index in [1.807, 2.05) is 0 Å². The lowest BCUT2D eigenvalue weighted by molar-refractivity contribution is 1.03. The van der Waals surface area contributed by atoms with Crippen LogP contribution in [0.25, 0.3) is 141 Å². The molecule has 0 atom stereocenters. The van der Waals surface area contributed by atoms with Gasteiger partial charge in [-0.05, 0) is 78.6 Å². The van der Waals surface area contributed by atoms with Crippen molar-refractivity contribution in [3.05, 3.63) is 241 Å². The molecule has 0 spiro atoms. The molecule has 0 saturated heterocycles. The van der Waals surface area contributed by atoms with E-state index >= 15 is 0 Å². The Morgan fingerprint density at radius 1 is 0.312 bits per heavy atom. The highest BCUT2D eigenvalue weighted by Crippen LogP contribution is 2.51. The van der Waals surface area contributed by atoms with E-state index in [1.165, 1.54) is 15.6 Å². The summed E-state index contributed by atoms with van der Waals surface area (Å²) in [4.78, 5) is 0. The second kappa shape index (κ2) is 16.2. The van der Waals surface area contributed by atoms with Gasteiger partial charge in [0.15, 0.2) is 0 Å². The zero-order chi connectivity index (χ0) is 51.2. The summed E-state index contributed by atoms with van der Waals surface area (Å²) >= 11 is 1.80. The summed E-state index contributed by atoms with van der Waals surface area (Å²) in [6.07, 6.45) is 0. The van der Waals surface area contributed by atoms with Crippen molar-refractivity contribution in [2.75, 3.05) is 0 Å². The largest absolute Gasteiger partial charge is 0.306 e. The van der Waals surface area contributed by atoms with Gasteiger partial charge in [0.05, 0.1) is 71.6 Å². The Morgan fingerprint density at radius 3 is 1.12 bits per heavy atom. The number of hydrogen-bond donors (Lipinski definition) is 0. The number of benzene rings is 11. The van der Waals surface area contributed by atoms with Crippen LogP contribution >= 0.6 is 11.3 Å². The van der Waals surface area contributed by atoms with Crippen molar-refractivity contribution in [1.82, 2.24) is 18.3 Å². The second-order valence-corrected chi connectivity index (χ2v) is 21.3. The molecule has 0 aliphatic rings. The predicted molar refractivity (Wildman–Crippen MR) is 321 cm³/mol. The molecule has 5 aromatic heterocycles.